The van der Waals surface area contributed by atoms with Crippen LogP contribution in [0.4, 0.5) is 0 Å². The summed E-state index contributed by atoms with van der Waals surface area (Å²) in [7, 11) is 1.35. The molecule has 0 bridgehead atoms. The van der Waals surface area contributed by atoms with E-state index in [2.05, 4.69) is 4.74 Å². The van der Waals surface area contributed by atoms with Crippen molar-refractivity contribution in [3.8, 4) is 0 Å². The van der Waals surface area contributed by atoms with Crippen LogP contribution in [0.1, 0.15) is 25.7 Å². The Labute approximate surface area is 78.4 Å². The Kier molecular flexibility index (Phi) is 4.18. The highest BCUT2D eigenvalue weighted by atomic mass is 16.5. The van der Waals surface area contributed by atoms with Crippen molar-refractivity contribution in [2.75, 3.05) is 13.7 Å². The summed E-state index contributed by atoms with van der Waals surface area (Å²) >= 11 is 0. The van der Waals surface area contributed by atoms with Crippen LogP contribution in [-0.4, -0.2) is 31.8 Å². The lowest BCUT2D eigenvalue weighted by Gasteiger charge is -2.24. The topological polar surface area (TPSA) is 61.5 Å². The van der Waals surface area contributed by atoms with Gasteiger partial charge in [0, 0.05) is 6.61 Å². The van der Waals surface area contributed by atoms with E-state index in [0.717, 1.165) is 19.4 Å². The van der Waals surface area contributed by atoms with Gasteiger partial charge in [-0.15, -0.1) is 0 Å². The molecule has 0 radical (unpaired) electrons. The molecule has 13 heavy (non-hydrogen) atoms. The fourth-order valence-corrected chi connectivity index (χ4v) is 1.52. The van der Waals surface area contributed by atoms with Gasteiger partial charge in [-0.05, 0) is 25.7 Å². The largest absolute Gasteiger partial charge is 0.468 e. The minimum Gasteiger partial charge on any atom is -0.468 e. The molecule has 1 aliphatic rings. The van der Waals surface area contributed by atoms with Gasteiger partial charge in [0.25, 0.3) is 0 Å². The molecule has 1 aliphatic heterocycles. The lowest BCUT2D eigenvalue weighted by Crippen LogP contribution is -2.36. The molecule has 1 heterocycles. The number of methoxy groups -OCH3 is 1. The second-order valence-corrected chi connectivity index (χ2v) is 3.35. The van der Waals surface area contributed by atoms with Gasteiger partial charge in [-0.3, -0.25) is 4.79 Å². The van der Waals surface area contributed by atoms with E-state index < -0.39 is 6.04 Å². The van der Waals surface area contributed by atoms with Crippen LogP contribution in [0.15, 0.2) is 0 Å². The maximum Gasteiger partial charge on any atom is 0.322 e. The maximum absolute atomic E-state index is 11.0. The molecule has 0 aromatic carbocycles. The molecule has 1 unspecified atom stereocenters. The molecule has 1 fully saturated rings. The molecule has 0 saturated carbocycles. The molecule has 4 heteroatoms. The molecule has 76 valence electrons. The SMILES string of the molecule is COC(=O)[C@@H](N)CC1CCCCO1. The van der Waals surface area contributed by atoms with Crippen LogP contribution in [0.2, 0.25) is 0 Å². The van der Waals surface area contributed by atoms with Gasteiger partial charge in [-0.2, -0.15) is 0 Å². The first-order valence-corrected chi connectivity index (χ1v) is 4.69. The third kappa shape index (κ3) is 3.32. The Morgan fingerprint density at radius 1 is 1.69 bits per heavy atom. The lowest BCUT2D eigenvalue weighted by atomic mass is 10.0. The quantitative estimate of drug-likeness (QED) is 0.651. The first-order chi connectivity index (χ1) is 6.24. The fraction of sp³-hybridized carbons (Fsp3) is 0.889. The number of nitrogens with two attached hydrogens (primary N) is 1. The van der Waals surface area contributed by atoms with Crippen LogP contribution in [0.3, 0.4) is 0 Å². The Bertz CT molecular complexity index is 166. The molecule has 1 saturated heterocycles. The average Bonchev–Trinajstić information content (AvgIpc) is 2.18. The number of ether oxygens (including phenoxy) is 2. The molecule has 0 amide bonds. The van der Waals surface area contributed by atoms with Crippen molar-refractivity contribution in [3.63, 3.8) is 0 Å². The highest BCUT2D eigenvalue weighted by molar-refractivity contribution is 5.75. The van der Waals surface area contributed by atoms with Crippen LogP contribution in [0.25, 0.3) is 0 Å². The summed E-state index contributed by atoms with van der Waals surface area (Å²) < 4.78 is 9.99. The summed E-state index contributed by atoms with van der Waals surface area (Å²) in [6, 6.07) is -0.534. The van der Waals surface area contributed by atoms with Crippen molar-refractivity contribution in [2.24, 2.45) is 5.73 Å². The minimum absolute atomic E-state index is 0.142. The van der Waals surface area contributed by atoms with Crippen LogP contribution < -0.4 is 5.73 Å². The maximum atomic E-state index is 11.0. The van der Waals surface area contributed by atoms with E-state index in [1.54, 1.807) is 0 Å². The highest BCUT2D eigenvalue weighted by Crippen LogP contribution is 2.16. The van der Waals surface area contributed by atoms with E-state index in [1.807, 2.05) is 0 Å². The second kappa shape index (κ2) is 5.19. The fourth-order valence-electron chi connectivity index (χ4n) is 1.52. The van der Waals surface area contributed by atoms with Gasteiger partial charge >= 0.3 is 5.97 Å². The van der Waals surface area contributed by atoms with Crippen molar-refractivity contribution in [3.05, 3.63) is 0 Å². The molecular weight excluding hydrogens is 170 g/mol. The predicted molar refractivity (Wildman–Crippen MR) is 48.2 cm³/mol. The zero-order valence-corrected chi connectivity index (χ0v) is 7.99. The number of carbonyl (C=O) groups excluding carboxylic acids is 1. The highest BCUT2D eigenvalue weighted by Gasteiger charge is 2.21. The number of hydrogen-bond acceptors (Lipinski definition) is 4. The molecule has 4 nitrogen and oxygen atoms in total. The summed E-state index contributed by atoms with van der Waals surface area (Å²) in [5, 5.41) is 0. The normalized spacial score (nSPS) is 25.2. The van der Waals surface area contributed by atoms with Crippen molar-refractivity contribution in [1.82, 2.24) is 0 Å². The molecule has 2 atom stereocenters. The van der Waals surface area contributed by atoms with Crippen molar-refractivity contribution in [1.29, 1.82) is 0 Å². The van der Waals surface area contributed by atoms with Gasteiger partial charge in [-0.25, -0.2) is 0 Å². The standard InChI is InChI=1S/C9H17NO3/c1-12-9(11)8(10)6-7-4-2-3-5-13-7/h7-8H,2-6,10H2,1H3/t7?,8-/m0/s1. The molecule has 1 rings (SSSR count). The Balaban J connectivity index is 2.25. The van der Waals surface area contributed by atoms with Crippen LogP contribution >= 0.6 is 0 Å². The molecule has 0 spiro atoms. The number of rotatable bonds is 3. The zero-order valence-electron chi connectivity index (χ0n) is 7.99. The lowest BCUT2D eigenvalue weighted by molar-refractivity contribution is -0.143. The van der Waals surface area contributed by atoms with Crippen LogP contribution in [0, 0.1) is 0 Å². The van der Waals surface area contributed by atoms with Gasteiger partial charge in [-0.1, -0.05) is 0 Å². The summed E-state index contributed by atoms with van der Waals surface area (Å²) in [4.78, 5) is 11.0. The smallest absolute Gasteiger partial charge is 0.322 e. The zero-order chi connectivity index (χ0) is 9.68. The minimum atomic E-state index is -0.534. The Morgan fingerprint density at radius 2 is 2.46 bits per heavy atom. The van der Waals surface area contributed by atoms with Crippen molar-refractivity contribution < 1.29 is 14.3 Å². The van der Waals surface area contributed by atoms with E-state index in [9.17, 15) is 4.79 Å². The number of hydrogen-bond donors (Lipinski definition) is 1. The second-order valence-electron chi connectivity index (χ2n) is 3.35. The third-order valence-electron chi connectivity index (χ3n) is 2.29. The summed E-state index contributed by atoms with van der Waals surface area (Å²) in [6.07, 6.45) is 4.00. The molecular formula is C9H17NO3. The molecule has 0 aromatic rings. The van der Waals surface area contributed by atoms with E-state index in [4.69, 9.17) is 10.5 Å². The average molecular weight is 187 g/mol. The van der Waals surface area contributed by atoms with Gasteiger partial charge in [0.2, 0.25) is 0 Å². The summed E-state index contributed by atoms with van der Waals surface area (Å²) in [6.45, 7) is 0.790. The van der Waals surface area contributed by atoms with Crippen LogP contribution in [0.5, 0.6) is 0 Å². The van der Waals surface area contributed by atoms with Gasteiger partial charge in [0.05, 0.1) is 13.2 Å². The van der Waals surface area contributed by atoms with Crippen molar-refractivity contribution in [2.45, 2.75) is 37.8 Å². The van der Waals surface area contributed by atoms with Crippen molar-refractivity contribution >= 4 is 5.97 Å². The molecule has 2 N–H and O–H groups in total. The summed E-state index contributed by atoms with van der Waals surface area (Å²) in [5.41, 5.74) is 5.60. The first-order valence-electron chi connectivity index (χ1n) is 4.69. The summed E-state index contributed by atoms with van der Waals surface area (Å²) in [5.74, 6) is -0.353. The Hall–Kier alpha value is -0.610. The Morgan fingerprint density at radius 3 is 3.00 bits per heavy atom. The predicted octanol–water partition coefficient (Wildman–Crippen LogP) is 0.446. The van der Waals surface area contributed by atoms with Gasteiger partial charge in [0.15, 0.2) is 0 Å². The van der Waals surface area contributed by atoms with Gasteiger partial charge in [0.1, 0.15) is 6.04 Å². The van der Waals surface area contributed by atoms with E-state index >= 15 is 0 Å². The monoisotopic (exact) mass is 187 g/mol. The number of carbonyl (C=O) groups is 1. The first kappa shape index (κ1) is 10.5. The number of esters is 1. The van der Waals surface area contributed by atoms with E-state index in [-0.39, 0.29) is 12.1 Å². The van der Waals surface area contributed by atoms with E-state index in [0.29, 0.717) is 6.42 Å². The molecule has 0 aromatic heterocycles. The molecule has 0 aliphatic carbocycles. The third-order valence-corrected chi connectivity index (χ3v) is 2.29. The van der Waals surface area contributed by atoms with Gasteiger partial charge < -0.3 is 15.2 Å². The van der Waals surface area contributed by atoms with E-state index in [1.165, 1.54) is 13.5 Å². The van der Waals surface area contributed by atoms with Crippen LogP contribution in [-0.2, 0) is 14.3 Å².